The molecule has 0 N–H and O–H groups in total. The van der Waals surface area contributed by atoms with E-state index in [9.17, 15) is 4.79 Å². The van der Waals surface area contributed by atoms with Crippen LogP contribution < -0.4 is 0 Å². The molecule has 2 heterocycles. The van der Waals surface area contributed by atoms with E-state index in [-0.39, 0.29) is 18.1 Å². The maximum absolute atomic E-state index is 12.8. The first kappa shape index (κ1) is 16.5. The van der Waals surface area contributed by atoms with Crippen molar-refractivity contribution < 1.29 is 9.53 Å². The molecule has 2 fully saturated rings. The molecule has 126 valence electrons. The molecule has 2 saturated heterocycles. The molecule has 4 nitrogen and oxygen atoms in total. The van der Waals surface area contributed by atoms with Crippen molar-refractivity contribution in [3.8, 4) is 0 Å². The quantitative estimate of drug-likeness (QED) is 0.859. The summed E-state index contributed by atoms with van der Waals surface area (Å²) >= 11 is 0. The normalized spacial score (nSPS) is 29.0. The summed E-state index contributed by atoms with van der Waals surface area (Å²) in [5, 5.41) is 0. The molecule has 2 aliphatic rings. The summed E-state index contributed by atoms with van der Waals surface area (Å²) in [4.78, 5) is 17.4. The number of benzene rings is 1. The first-order valence-corrected chi connectivity index (χ1v) is 8.78. The molecule has 0 unspecified atom stereocenters. The molecule has 0 bridgehead atoms. The SMILES string of the molecule is Cc1ccc(C(=O)N2CCC[C@H]2CN2C[C@@H](C)O[C@@H](C)C2)cc1. The predicted octanol–water partition coefficient (Wildman–Crippen LogP) is 2.71. The van der Waals surface area contributed by atoms with Crippen LogP contribution in [0.2, 0.25) is 0 Å². The van der Waals surface area contributed by atoms with E-state index in [1.54, 1.807) is 0 Å². The summed E-state index contributed by atoms with van der Waals surface area (Å²) in [5.41, 5.74) is 2.00. The number of likely N-dealkylation sites (tertiary alicyclic amines) is 1. The molecule has 0 aliphatic carbocycles. The second-order valence-corrected chi connectivity index (χ2v) is 7.14. The average molecular weight is 316 g/mol. The van der Waals surface area contributed by atoms with Crippen molar-refractivity contribution in [1.82, 2.24) is 9.80 Å². The lowest BCUT2D eigenvalue weighted by Gasteiger charge is -2.38. The van der Waals surface area contributed by atoms with E-state index < -0.39 is 0 Å². The Balaban J connectivity index is 1.65. The first-order valence-electron chi connectivity index (χ1n) is 8.78. The summed E-state index contributed by atoms with van der Waals surface area (Å²) in [6.45, 7) is 10.1. The number of hydrogen-bond acceptors (Lipinski definition) is 3. The number of nitrogens with zero attached hydrogens (tertiary/aromatic N) is 2. The minimum atomic E-state index is 0.182. The smallest absolute Gasteiger partial charge is 0.254 e. The molecule has 3 atom stereocenters. The van der Waals surface area contributed by atoms with Gasteiger partial charge in [0.2, 0.25) is 0 Å². The monoisotopic (exact) mass is 316 g/mol. The van der Waals surface area contributed by atoms with E-state index in [4.69, 9.17) is 4.74 Å². The number of carbonyl (C=O) groups is 1. The highest BCUT2D eigenvalue weighted by Gasteiger charge is 2.32. The second kappa shape index (κ2) is 7.02. The van der Waals surface area contributed by atoms with Gasteiger partial charge in [-0.25, -0.2) is 0 Å². The van der Waals surface area contributed by atoms with Gasteiger partial charge in [0.1, 0.15) is 0 Å². The lowest BCUT2D eigenvalue weighted by atomic mass is 10.1. The number of ether oxygens (including phenoxy) is 1. The van der Waals surface area contributed by atoms with Crippen molar-refractivity contribution in [3.05, 3.63) is 35.4 Å². The van der Waals surface area contributed by atoms with Gasteiger partial charge < -0.3 is 9.64 Å². The Bertz CT molecular complexity index is 533. The highest BCUT2D eigenvalue weighted by Crippen LogP contribution is 2.23. The van der Waals surface area contributed by atoms with E-state index in [2.05, 4.69) is 23.6 Å². The fourth-order valence-electron chi connectivity index (χ4n) is 3.89. The fourth-order valence-corrected chi connectivity index (χ4v) is 3.89. The van der Waals surface area contributed by atoms with Crippen LogP contribution in [-0.4, -0.2) is 60.1 Å². The Morgan fingerprint density at radius 3 is 2.48 bits per heavy atom. The summed E-state index contributed by atoms with van der Waals surface area (Å²) in [6.07, 6.45) is 2.78. The third-order valence-electron chi connectivity index (χ3n) is 4.90. The van der Waals surface area contributed by atoms with Crippen LogP contribution in [0.5, 0.6) is 0 Å². The maximum atomic E-state index is 12.8. The Hall–Kier alpha value is -1.39. The lowest BCUT2D eigenvalue weighted by Crippen LogP contribution is -2.50. The molecule has 0 radical (unpaired) electrons. The van der Waals surface area contributed by atoms with Crippen LogP contribution in [-0.2, 0) is 4.74 Å². The van der Waals surface area contributed by atoms with E-state index in [0.29, 0.717) is 6.04 Å². The number of carbonyl (C=O) groups excluding carboxylic acids is 1. The Morgan fingerprint density at radius 1 is 1.17 bits per heavy atom. The summed E-state index contributed by atoms with van der Waals surface area (Å²) < 4.78 is 5.81. The van der Waals surface area contributed by atoms with Gasteiger partial charge in [-0.2, -0.15) is 0 Å². The zero-order valence-electron chi connectivity index (χ0n) is 14.5. The Kier molecular flexibility index (Phi) is 5.02. The molecular formula is C19H28N2O2. The van der Waals surface area contributed by atoms with E-state index >= 15 is 0 Å². The van der Waals surface area contributed by atoms with Crippen molar-refractivity contribution in [2.45, 2.75) is 51.9 Å². The zero-order valence-corrected chi connectivity index (χ0v) is 14.5. The van der Waals surface area contributed by atoms with Gasteiger partial charge in [-0.3, -0.25) is 9.69 Å². The van der Waals surface area contributed by atoms with Crippen molar-refractivity contribution in [3.63, 3.8) is 0 Å². The number of amides is 1. The van der Waals surface area contributed by atoms with Gasteiger partial charge in [0, 0.05) is 37.8 Å². The van der Waals surface area contributed by atoms with Crippen LogP contribution in [0, 0.1) is 6.92 Å². The van der Waals surface area contributed by atoms with Crippen LogP contribution in [0.4, 0.5) is 0 Å². The fraction of sp³-hybridized carbons (Fsp3) is 0.632. The van der Waals surface area contributed by atoms with Gasteiger partial charge in [0.15, 0.2) is 0 Å². The molecule has 2 aliphatic heterocycles. The van der Waals surface area contributed by atoms with Crippen molar-refractivity contribution in [1.29, 1.82) is 0 Å². The Labute approximate surface area is 139 Å². The number of morpholine rings is 1. The standard InChI is InChI=1S/C19H28N2O2/c1-14-6-8-17(9-7-14)19(22)21-10-4-5-18(21)13-20-11-15(2)23-16(3)12-20/h6-9,15-16,18H,4-5,10-13H2,1-3H3/t15-,16+,18-/m0/s1. The van der Waals surface area contributed by atoms with Crippen LogP contribution >= 0.6 is 0 Å². The minimum absolute atomic E-state index is 0.182. The van der Waals surface area contributed by atoms with E-state index in [1.807, 2.05) is 31.2 Å². The van der Waals surface area contributed by atoms with Gasteiger partial charge in [-0.15, -0.1) is 0 Å². The summed E-state index contributed by atoms with van der Waals surface area (Å²) in [7, 11) is 0. The van der Waals surface area contributed by atoms with Crippen LogP contribution in [0.3, 0.4) is 0 Å². The van der Waals surface area contributed by atoms with Gasteiger partial charge in [-0.1, -0.05) is 17.7 Å². The van der Waals surface area contributed by atoms with Crippen LogP contribution in [0.25, 0.3) is 0 Å². The highest BCUT2D eigenvalue weighted by molar-refractivity contribution is 5.94. The summed E-state index contributed by atoms with van der Waals surface area (Å²) in [6, 6.07) is 8.27. The molecule has 0 aromatic heterocycles. The maximum Gasteiger partial charge on any atom is 0.254 e. The van der Waals surface area contributed by atoms with Gasteiger partial charge in [-0.05, 0) is 45.7 Å². The molecule has 3 rings (SSSR count). The molecule has 23 heavy (non-hydrogen) atoms. The number of aryl methyl sites for hydroxylation is 1. The van der Waals surface area contributed by atoms with Gasteiger partial charge in [0.05, 0.1) is 12.2 Å². The van der Waals surface area contributed by atoms with E-state index in [0.717, 1.165) is 44.6 Å². The average Bonchev–Trinajstić information content (AvgIpc) is 2.94. The van der Waals surface area contributed by atoms with Crippen LogP contribution in [0.1, 0.15) is 42.6 Å². The van der Waals surface area contributed by atoms with Crippen LogP contribution in [0.15, 0.2) is 24.3 Å². The predicted molar refractivity (Wildman–Crippen MR) is 91.7 cm³/mol. The number of rotatable bonds is 3. The summed E-state index contributed by atoms with van der Waals surface area (Å²) in [5.74, 6) is 0.182. The first-order chi connectivity index (χ1) is 11.0. The topological polar surface area (TPSA) is 32.8 Å². The lowest BCUT2D eigenvalue weighted by molar-refractivity contribution is -0.0715. The van der Waals surface area contributed by atoms with Gasteiger partial charge >= 0.3 is 0 Å². The number of hydrogen-bond donors (Lipinski definition) is 0. The second-order valence-electron chi connectivity index (χ2n) is 7.14. The van der Waals surface area contributed by atoms with Crippen molar-refractivity contribution >= 4 is 5.91 Å². The highest BCUT2D eigenvalue weighted by atomic mass is 16.5. The molecule has 4 heteroatoms. The molecule has 1 amide bonds. The third-order valence-corrected chi connectivity index (χ3v) is 4.90. The van der Waals surface area contributed by atoms with Gasteiger partial charge in [0.25, 0.3) is 5.91 Å². The molecule has 1 aromatic carbocycles. The molecule has 0 saturated carbocycles. The van der Waals surface area contributed by atoms with Crippen molar-refractivity contribution in [2.24, 2.45) is 0 Å². The molecule has 1 aromatic rings. The zero-order chi connectivity index (χ0) is 16.4. The third kappa shape index (κ3) is 3.93. The Morgan fingerprint density at radius 2 is 1.83 bits per heavy atom. The minimum Gasteiger partial charge on any atom is -0.373 e. The largest absolute Gasteiger partial charge is 0.373 e. The molecular weight excluding hydrogens is 288 g/mol. The van der Waals surface area contributed by atoms with E-state index in [1.165, 1.54) is 5.56 Å². The molecule has 0 spiro atoms. The van der Waals surface area contributed by atoms with Crippen molar-refractivity contribution in [2.75, 3.05) is 26.2 Å².